The number of carbonyl (C=O) groups is 2. The number of carbonyl (C=O) groups excluding carboxylic acids is 1. The lowest BCUT2D eigenvalue weighted by molar-refractivity contribution is -0.141. The van der Waals surface area contributed by atoms with E-state index in [2.05, 4.69) is 5.16 Å². The zero-order valence-electron chi connectivity index (χ0n) is 13.7. The summed E-state index contributed by atoms with van der Waals surface area (Å²) in [5.74, 6) is -1.08. The van der Waals surface area contributed by atoms with Crippen molar-refractivity contribution >= 4 is 11.9 Å². The normalized spacial score (nSPS) is 20.3. The maximum atomic E-state index is 12.6. The molecule has 0 saturated carbocycles. The van der Waals surface area contributed by atoms with Crippen molar-refractivity contribution in [1.29, 1.82) is 0 Å². The first-order valence-electron chi connectivity index (χ1n) is 7.94. The van der Waals surface area contributed by atoms with E-state index in [1.54, 1.807) is 18.7 Å². The van der Waals surface area contributed by atoms with Crippen LogP contribution in [0.2, 0.25) is 0 Å². The largest absolute Gasteiger partial charge is 0.481 e. The highest BCUT2D eigenvalue weighted by Gasteiger charge is 2.40. The summed E-state index contributed by atoms with van der Waals surface area (Å²) in [6, 6.07) is 9.52. The molecule has 3 rings (SSSR count). The van der Waals surface area contributed by atoms with E-state index in [1.807, 2.05) is 30.3 Å². The second-order valence-electron chi connectivity index (χ2n) is 6.24. The Kier molecular flexibility index (Phi) is 4.38. The third kappa shape index (κ3) is 3.04. The standard InChI is InChI=1S/C18H20N2O4/c1-11-14(12(2)24-19-11)8-17(21)20-9-15(16(10-20)18(22)23)13-6-4-3-5-7-13/h3-7,15-16H,8-10H2,1-2H3,(H,22,23). The second-order valence-corrected chi connectivity index (χ2v) is 6.24. The SMILES string of the molecule is Cc1noc(C)c1CC(=O)N1CC(C(=O)O)C(c2ccccc2)C1. The molecule has 126 valence electrons. The van der Waals surface area contributed by atoms with Gasteiger partial charge in [0.15, 0.2) is 0 Å². The molecule has 1 N–H and O–H groups in total. The van der Waals surface area contributed by atoms with Crippen LogP contribution in [-0.2, 0) is 16.0 Å². The first-order valence-corrected chi connectivity index (χ1v) is 7.94. The zero-order chi connectivity index (χ0) is 17.3. The molecule has 1 amide bonds. The van der Waals surface area contributed by atoms with Crippen LogP contribution in [0.3, 0.4) is 0 Å². The van der Waals surface area contributed by atoms with Crippen LogP contribution in [0.25, 0.3) is 0 Å². The molecule has 6 heteroatoms. The van der Waals surface area contributed by atoms with Gasteiger partial charge in [-0.1, -0.05) is 35.5 Å². The molecule has 1 aliphatic rings. The summed E-state index contributed by atoms with van der Waals surface area (Å²) in [5.41, 5.74) is 2.45. The molecule has 24 heavy (non-hydrogen) atoms. The summed E-state index contributed by atoms with van der Waals surface area (Å²) in [6.45, 7) is 4.23. The number of benzene rings is 1. The molecular weight excluding hydrogens is 308 g/mol. The van der Waals surface area contributed by atoms with Crippen molar-refractivity contribution in [3.8, 4) is 0 Å². The number of aliphatic carboxylic acids is 1. The second kappa shape index (κ2) is 6.47. The van der Waals surface area contributed by atoms with Crippen LogP contribution >= 0.6 is 0 Å². The van der Waals surface area contributed by atoms with Gasteiger partial charge in [-0.05, 0) is 19.4 Å². The fraction of sp³-hybridized carbons (Fsp3) is 0.389. The van der Waals surface area contributed by atoms with Gasteiger partial charge in [-0.15, -0.1) is 0 Å². The molecule has 6 nitrogen and oxygen atoms in total. The smallest absolute Gasteiger partial charge is 0.308 e. The van der Waals surface area contributed by atoms with Crippen molar-refractivity contribution in [2.75, 3.05) is 13.1 Å². The molecule has 1 aromatic heterocycles. The van der Waals surface area contributed by atoms with E-state index in [1.165, 1.54) is 0 Å². The number of hydrogen-bond acceptors (Lipinski definition) is 4. The number of nitrogens with zero attached hydrogens (tertiary/aromatic N) is 2. The fourth-order valence-electron chi connectivity index (χ4n) is 3.31. The molecule has 1 fully saturated rings. The van der Waals surface area contributed by atoms with Crippen LogP contribution in [0.15, 0.2) is 34.9 Å². The number of hydrogen-bond donors (Lipinski definition) is 1. The lowest BCUT2D eigenvalue weighted by Gasteiger charge is -2.16. The Morgan fingerprint density at radius 2 is 1.96 bits per heavy atom. The maximum Gasteiger partial charge on any atom is 0.308 e. The number of rotatable bonds is 4. The molecule has 0 aliphatic carbocycles. The first-order chi connectivity index (χ1) is 11.5. The van der Waals surface area contributed by atoms with Crippen molar-refractivity contribution in [3.63, 3.8) is 0 Å². The molecule has 2 atom stereocenters. The van der Waals surface area contributed by atoms with Gasteiger partial charge >= 0.3 is 5.97 Å². The predicted molar refractivity (Wildman–Crippen MR) is 86.6 cm³/mol. The molecule has 1 saturated heterocycles. The topological polar surface area (TPSA) is 83.6 Å². The molecule has 2 heterocycles. The molecule has 0 radical (unpaired) electrons. The predicted octanol–water partition coefficient (Wildman–Crippen LogP) is 2.16. The Morgan fingerprint density at radius 3 is 2.54 bits per heavy atom. The van der Waals surface area contributed by atoms with Crippen LogP contribution in [0.1, 0.15) is 28.5 Å². The average Bonchev–Trinajstić information content (AvgIpc) is 3.15. The van der Waals surface area contributed by atoms with E-state index < -0.39 is 11.9 Å². The lowest BCUT2D eigenvalue weighted by Crippen LogP contribution is -2.31. The highest BCUT2D eigenvalue weighted by Crippen LogP contribution is 2.33. The number of aryl methyl sites for hydroxylation is 2. The van der Waals surface area contributed by atoms with Crippen molar-refractivity contribution in [2.45, 2.75) is 26.2 Å². The first kappa shape index (κ1) is 16.2. The van der Waals surface area contributed by atoms with Crippen molar-refractivity contribution in [2.24, 2.45) is 5.92 Å². The van der Waals surface area contributed by atoms with Crippen LogP contribution in [-0.4, -0.2) is 40.1 Å². The summed E-state index contributed by atoms with van der Waals surface area (Å²) in [5, 5.41) is 13.4. The van der Waals surface area contributed by atoms with Crippen LogP contribution in [0.4, 0.5) is 0 Å². The highest BCUT2D eigenvalue weighted by molar-refractivity contribution is 5.81. The Morgan fingerprint density at radius 1 is 1.25 bits per heavy atom. The zero-order valence-corrected chi connectivity index (χ0v) is 13.7. The Labute approximate surface area is 140 Å². The quantitative estimate of drug-likeness (QED) is 0.930. The number of likely N-dealkylation sites (tertiary alicyclic amines) is 1. The summed E-state index contributed by atoms with van der Waals surface area (Å²) in [6.07, 6.45) is 0.189. The summed E-state index contributed by atoms with van der Waals surface area (Å²) in [7, 11) is 0. The van der Waals surface area contributed by atoms with Crippen LogP contribution < -0.4 is 0 Å². The van der Waals surface area contributed by atoms with Crippen LogP contribution in [0, 0.1) is 19.8 Å². The van der Waals surface area contributed by atoms with Gasteiger partial charge < -0.3 is 14.5 Å². The van der Waals surface area contributed by atoms with Gasteiger partial charge in [0, 0.05) is 24.6 Å². The molecule has 0 bridgehead atoms. The lowest BCUT2D eigenvalue weighted by atomic mass is 9.89. The summed E-state index contributed by atoms with van der Waals surface area (Å²) in [4.78, 5) is 25.9. The molecule has 1 aliphatic heterocycles. The molecule has 2 aromatic rings. The van der Waals surface area contributed by atoms with Gasteiger partial charge in [0.1, 0.15) is 5.76 Å². The third-order valence-corrected chi connectivity index (χ3v) is 4.73. The molecule has 2 unspecified atom stereocenters. The van der Waals surface area contributed by atoms with Gasteiger partial charge in [-0.3, -0.25) is 9.59 Å². The van der Waals surface area contributed by atoms with Crippen molar-refractivity contribution in [1.82, 2.24) is 10.1 Å². The number of carboxylic acids is 1. The third-order valence-electron chi connectivity index (χ3n) is 4.73. The van der Waals surface area contributed by atoms with Crippen molar-refractivity contribution < 1.29 is 19.2 Å². The molecule has 0 spiro atoms. The van der Waals surface area contributed by atoms with Gasteiger partial charge in [0.2, 0.25) is 5.91 Å². The minimum Gasteiger partial charge on any atom is -0.481 e. The molecule has 1 aromatic carbocycles. The van der Waals surface area contributed by atoms with Gasteiger partial charge in [-0.2, -0.15) is 0 Å². The number of aromatic nitrogens is 1. The average molecular weight is 328 g/mol. The minimum atomic E-state index is -0.864. The highest BCUT2D eigenvalue weighted by atomic mass is 16.5. The maximum absolute atomic E-state index is 12.6. The van der Waals surface area contributed by atoms with Crippen molar-refractivity contribution in [3.05, 3.63) is 52.9 Å². The van der Waals surface area contributed by atoms with E-state index >= 15 is 0 Å². The number of amides is 1. The fourth-order valence-corrected chi connectivity index (χ4v) is 3.31. The summed E-state index contributed by atoms with van der Waals surface area (Å²) >= 11 is 0. The Balaban J connectivity index is 1.78. The summed E-state index contributed by atoms with van der Waals surface area (Å²) < 4.78 is 5.09. The van der Waals surface area contributed by atoms with E-state index in [-0.39, 0.29) is 24.8 Å². The Bertz CT molecular complexity index is 734. The van der Waals surface area contributed by atoms with E-state index in [0.717, 1.165) is 11.1 Å². The van der Waals surface area contributed by atoms with Gasteiger partial charge in [0.05, 0.1) is 18.0 Å². The molecular formula is C18H20N2O4. The van der Waals surface area contributed by atoms with E-state index in [4.69, 9.17) is 4.52 Å². The van der Waals surface area contributed by atoms with Gasteiger partial charge in [-0.25, -0.2) is 0 Å². The van der Waals surface area contributed by atoms with E-state index in [9.17, 15) is 14.7 Å². The van der Waals surface area contributed by atoms with E-state index in [0.29, 0.717) is 18.0 Å². The van der Waals surface area contributed by atoms with Crippen LogP contribution in [0.5, 0.6) is 0 Å². The minimum absolute atomic E-state index is 0.0888. The monoisotopic (exact) mass is 328 g/mol. The number of carboxylic acid groups (broad SMARTS) is 1. The Hall–Kier alpha value is -2.63. The van der Waals surface area contributed by atoms with Gasteiger partial charge in [0.25, 0.3) is 0 Å².